The number of terminal acetylenes is 1. The Morgan fingerprint density at radius 2 is 2.29 bits per heavy atom. The van der Waals surface area contributed by atoms with Crippen LogP contribution in [0.15, 0.2) is 39.9 Å². The highest BCUT2D eigenvalue weighted by atomic mass is 79.9. The highest BCUT2D eigenvalue weighted by molar-refractivity contribution is 9.10. The first-order chi connectivity index (χ1) is 8.20. The minimum Gasteiger partial charge on any atom is -0.339 e. The molecule has 0 amide bonds. The number of anilines is 2. The number of hydrogen-bond donors (Lipinski definition) is 2. The van der Waals surface area contributed by atoms with E-state index in [9.17, 15) is 4.79 Å². The number of nitrogens with zero attached hydrogens (tertiary/aromatic N) is 1. The van der Waals surface area contributed by atoms with Gasteiger partial charge in [0, 0.05) is 11.3 Å². The Morgan fingerprint density at radius 1 is 1.47 bits per heavy atom. The molecule has 2 rings (SSSR count). The van der Waals surface area contributed by atoms with Crippen LogP contribution in [0.1, 0.15) is 5.56 Å². The van der Waals surface area contributed by atoms with Crippen molar-refractivity contribution in [1.29, 1.82) is 0 Å². The lowest BCUT2D eigenvalue weighted by atomic mass is 10.2. The SMILES string of the molecule is C#Cc1cccc(Nc2nc[nH]c(=O)c2Br)c1. The topological polar surface area (TPSA) is 57.8 Å². The summed E-state index contributed by atoms with van der Waals surface area (Å²) in [6, 6.07) is 7.30. The number of H-pyrrole nitrogens is 1. The Hall–Kier alpha value is -2.06. The van der Waals surface area contributed by atoms with Crippen LogP contribution in [0, 0.1) is 12.3 Å². The van der Waals surface area contributed by atoms with Gasteiger partial charge in [-0.2, -0.15) is 0 Å². The molecule has 0 fully saturated rings. The molecule has 0 unspecified atom stereocenters. The number of nitrogens with one attached hydrogen (secondary N) is 2. The van der Waals surface area contributed by atoms with E-state index in [2.05, 4.69) is 37.1 Å². The van der Waals surface area contributed by atoms with E-state index in [0.29, 0.717) is 10.3 Å². The van der Waals surface area contributed by atoms with Crippen molar-refractivity contribution in [3.05, 3.63) is 51.0 Å². The Labute approximate surface area is 106 Å². The highest BCUT2D eigenvalue weighted by Gasteiger charge is 2.05. The zero-order valence-corrected chi connectivity index (χ0v) is 10.3. The van der Waals surface area contributed by atoms with Gasteiger partial charge < -0.3 is 10.3 Å². The lowest BCUT2D eigenvalue weighted by molar-refractivity contribution is 1.10. The summed E-state index contributed by atoms with van der Waals surface area (Å²) in [5, 5.41) is 3.01. The van der Waals surface area contributed by atoms with Crippen molar-refractivity contribution in [3.8, 4) is 12.3 Å². The molecule has 0 saturated heterocycles. The average Bonchev–Trinajstić information content (AvgIpc) is 2.35. The van der Waals surface area contributed by atoms with Crippen molar-refractivity contribution in [3.63, 3.8) is 0 Å². The van der Waals surface area contributed by atoms with Crippen LogP contribution < -0.4 is 10.9 Å². The summed E-state index contributed by atoms with van der Waals surface area (Å²) in [7, 11) is 0. The Kier molecular flexibility index (Phi) is 3.26. The largest absolute Gasteiger partial charge is 0.339 e. The van der Waals surface area contributed by atoms with Crippen LogP contribution in [-0.4, -0.2) is 9.97 Å². The van der Waals surface area contributed by atoms with Crippen molar-refractivity contribution in [2.24, 2.45) is 0 Å². The molecule has 4 nitrogen and oxygen atoms in total. The molecule has 0 radical (unpaired) electrons. The van der Waals surface area contributed by atoms with Gasteiger partial charge in [0.2, 0.25) is 0 Å². The summed E-state index contributed by atoms with van der Waals surface area (Å²) in [5.41, 5.74) is 1.30. The lowest BCUT2D eigenvalue weighted by Crippen LogP contribution is -2.10. The maximum atomic E-state index is 11.3. The molecular formula is C12H8BrN3O. The number of rotatable bonds is 2. The lowest BCUT2D eigenvalue weighted by Gasteiger charge is -2.06. The normalized spacial score (nSPS) is 9.65. The maximum absolute atomic E-state index is 11.3. The van der Waals surface area contributed by atoms with Gasteiger partial charge in [-0.25, -0.2) is 4.98 Å². The standard InChI is InChI=1S/C12H8BrN3O/c1-2-8-4-3-5-9(6-8)16-11-10(13)12(17)15-7-14-11/h1,3-7H,(H2,14,15,16,17). The molecule has 0 atom stereocenters. The van der Waals surface area contributed by atoms with E-state index in [1.165, 1.54) is 6.33 Å². The molecule has 1 aromatic carbocycles. The zero-order chi connectivity index (χ0) is 12.3. The van der Waals surface area contributed by atoms with Crippen molar-refractivity contribution >= 4 is 27.4 Å². The molecule has 2 aromatic rings. The molecule has 0 aliphatic heterocycles. The molecule has 2 N–H and O–H groups in total. The summed E-state index contributed by atoms with van der Waals surface area (Å²) >= 11 is 3.16. The predicted octanol–water partition coefficient (Wildman–Crippen LogP) is 2.26. The van der Waals surface area contributed by atoms with Crippen LogP contribution in [0.4, 0.5) is 11.5 Å². The third kappa shape index (κ3) is 2.55. The van der Waals surface area contributed by atoms with Crippen LogP contribution in [0.2, 0.25) is 0 Å². The first kappa shape index (κ1) is 11.4. The number of aromatic nitrogens is 2. The Balaban J connectivity index is 2.35. The summed E-state index contributed by atoms with van der Waals surface area (Å²) in [6.07, 6.45) is 6.64. The van der Waals surface area contributed by atoms with Crippen LogP contribution in [-0.2, 0) is 0 Å². The molecule has 0 spiro atoms. The molecule has 84 valence electrons. The number of halogens is 1. The van der Waals surface area contributed by atoms with Crippen molar-refractivity contribution < 1.29 is 0 Å². The Morgan fingerprint density at radius 3 is 3.06 bits per heavy atom. The Bertz CT molecular complexity index is 643. The molecule has 1 aromatic heterocycles. The van der Waals surface area contributed by atoms with E-state index in [4.69, 9.17) is 6.42 Å². The smallest absolute Gasteiger partial charge is 0.267 e. The summed E-state index contributed by atoms with van der Waals surface area (Å²) in [4.78, 5) is 17.8. The molecular weight excluding hydrogens is 282 g/mol. The molecule has 0 aliphatic rings. The summed E-state index contributed by atoms with van der Waals surface area (Å²) in [5.74, 6) is 2.99. The van der Waals surface area contributed by atoms with Crippen molar-refractivity contribution in [2.45, 2.75) is 0 Å². The van der Waals surface area contributed by atoms with Gasteiger partial charge in [-0.05, 0) is 34.1 Å². The minimum absolute atomic E-state index is 0.240. The van der Waals surface area contributed by atoms with Crippen LogP contribution >= 0.6 is 15.9 Å². The molecule has 0 aliphatic carbocycles. The average molecular weight is 290 g/mol. The fourth-order valence-corrected chi connectivity index (χ4v) is 1.61. The van der Waals surface area contributed by atoms with E-state index in [0.717, 1.165) is 11.3 Å². The van der Waals surface area contributed by atoms with Gasteiger partial charge in [-0.3, -0.25) is 4.79 Å². The van der Waals surface area contributed by atoms with Gasteiger partial charge >= 0.3 is 0 Å². The predicted molar refractivity (Wildman–Crippen MR) is 70.2 cm³/mol. The van der Waals surface area contributed by atoms with Gasteiger partial charge in [0.15, 0.2) is 5.82 Å². The third-order valence-corrected chi connectivity index (χ3v) is 2.82. The molecule has 5 heteroatoms. The highest BCUT2D eigenvalue weighted by Crippen LogP contribution is 2.20. The van der Waals surface area contributed by atoms with E-state index in [1.807, 2.05) is 18.2 Å². The van der Waals surface area contributed by atoms with Crippen LogP contribution in [0.3, 0.4) is 0 Å². The molecule has 0 saturated carbocycles. The fraction of sp³-hybridized carbons (Fsp3) is 0. The van der Waals surface area contributed by atoms with E-state index < -0.39 is 0 Å². The second kappa shape index (κ2) is 4.85. The van der Waals surface area contributed by atoms with Gasteiger partial charge in [-0.1, -0.05) is 12.0 Å². The first-order valence-corrected chi connectivity index (χ1v) is 5.57. The zero-order valence-electron chi connectivity index (χ0n) is 8.70. The number of benzene rings is 1. The van der Waals surface area contributed by atoms with Crippen molar-refractivity contribution in [1.82, 2.24) is 9.97 Å². The molecule has 17 heavy (non-hydrogen) atoms. The monoisotopic (exact) mass is 289 g/mol. The summed E-state index contributed by atoms with van der Waals surface area (Å²) in [6.45, 7) is 0. The second-order valence-electron chi connectivity index (χ2n) is 3.24. The van der Waals surface area contributed by atoms with Gasteiger partial charge in [0.05, 0.1) is 6.33 Å². The first-order valence-electron chi connectivity index (χ1n) is 4.77. The van der Waals surface area contributed by atoms with Crippen molar-refractivity contribution in [2.75, 3.05) is 5.32 Å². The van der Waals surface area contributed by atoms with E-state index in [1.54, 1.807) is 6.07 Å². The van der Waals surface area contributed by atoms with E-state index >= 15 is 0 Å². The summed E-state index contributed by atoms with van der Waals surface area (Å²) < 4.78 is 0.353. The molecule has 0 bridgehead atoms. The third-order valence-electron chi connectivity index (χ3n) is 2.09. The number of hydrogen-bond acceptors (Lipinski definition) is 3. The quantitative estimate of drug-likeness (QED) is 0.834. The molecule has 1 heterocycles. The second-order valence-corrected chi connectivity index (χ2v) is 4.04. The van der Waals surface area contributed by atoms with Crippen LogP contribution in [0.5, 0.6) is 0 Å². The van der Waals surface area contributed by atoms with E-state index in [-0.39, 0.29) is 5.56 Å². The minimum atomic E-state index is -0.240. The van der Waals surface area contributed by atoms with Gasteiger partial charge in [0.1, 0.15) is 4.47 Å². The number of aromatic amines is 1. The fourth-order valence-electron chi connectivity index (χ4n) is 1.29. The van der Waals surface area contributed by atoms with Gasteiger partial charge in [0.25, 0.3) is 5.56 Å². The van der Waals surface area contributed by atoms with Crippen LogP contribution in [0.25, 0.3) is 0 Å². The van der Waals surface area contributed by atoms with Gasteiger partial charge in [-0.15, -0.1) is 6.42 Å². The maximum Gasteiger partial charge on any atom is 0.267 e.